The SMILES string of the molecule is CCCCCN[C@H](C)c1nc2sc3c(c2c(=O)[nH]1)CC[C@@H](C)C3. The fraction of sp³-hybridized carbons (Fsp3) is 0.667. The van der Waals surface area contributed by atoms with E-state index < -0.39 is 0 Å². The first-order valence-electron chi connectivity index (χ1n) is 8.88. The zero-order valence-corrected chi connectivity index (χ0v) is 15.2. The maximum Gasteiger partial charge on any atom is 0.259 e. The third-order valence-corrected chi connectivity index (χ3v) is 5.97. The minimum atomic E-state index is 0.0410. The molecule has 23 heavy (non-hydrogen) atoms. The molecule has 0 unspecified atom stereocenters. The Morgan fingerprint density at radius 2 is 2.26 bits per heavy atom. The van der Waals surface area contributed by atoms with Gasteiger partial charge >= 0.3 is 0 Å². The highest BCUT2D eigenvalue weighted by atomic mass is 32.1. The number of fused-ring (bicyclic) bond motifs is 3. The van der Waals surface area contributed by atoms with Crippen molar-refractivity contribution in [3.05, 3.63) is 26.6 Å². The molecule has 0 amide bonds. The lowest BCUT2D eigenvalue weighted by Gasteiger charge is -2.17. The number of aryl methyl sites for hydroxylation is 1. The summed E-state index contributed by atoms with van der Waals surface area (Å²) in [5.41, 5.74) is 1.30. The molecule has 1 aliphatic rings. The van der Waals surface area contributed by atoms with Crippen LogP contribution >= 0.6 is 11.3 Å². The molecule has 126 valence electrons. The number of nitrogens with zero attached hydrogens (tertiary/aromatic N) is 1. The second kappa shape index (κ2) is 7.14. The lowest BCUT2D eigenvalue weighted by atomic mass is 9.89. The fourth-order valence-electron chi connectivity index (χ4n) is 3.36. The van der Waals surface area contributed by atoms with E-state index in [4.69, 9.17) is 4.98 Å². The summed E-state index contributed by atoms with van der Waals surface area (Å²) in [4.78, 5) is 22.7. The molecule has 0 aromatic carbocycles. The molecule has 4 nitrogen and oxygen atoms in total. The normalized spacial score (nSPS) is 19.0. The first-order chi connectivity index (χ1) is 11.1. The van der Waals surface area contributed by atoms with Crippen LogP contribution < -0.4 is 10.9 Å². The van der Waals surface area contributed by atoms with Gasteiger partial charge in [0.25, 0.3) is 5.56 Å². The number of nitrogens with one attached hydrogen (secondary N) is 2. The van der Waals surface area contributed by atoms with Gasteiger partial charge in [0.1, 0.15) is 10.7 Å². The van der Waals surface area contributed by atoms with Gasteiger partial charge in [-0.2, -0.15) is 0 Å². The van der Waals surface area contributed by atoms with Gasteiger partial charge in [0.15, 0.2) is 0 Å². The molecule has 2 atom stereocenters. The van der Waals surface area contributed by atoms with E-state index in [2.05, 4.69) is 31.1 Å². The quantitative estimate of drug-likeness (QED) is 0.787. The Bertz CT molecular complexity index is 734. The predicted octanol–water partition coefficient (Wildman–Crippen LogP) is 3.95. The average molecular weight is 334 g/mol. The molecule has 2 aromatic heterocycles. The fourth-order valence-corrected chi connectivity index (χ4v) is 4.75. The minimum Gasteiger partial charge on any atom is -0.309 e. The van der Waals surface area contributed by atoms with Gasteiger partial charge in [0.05, 0.1) is 11.4 Å². The van der Waals surface area contributed by atoms with E-state index in [-0.39, 0.29) is 11.6 Å². The number of thiophene rings is 1. The van der Waals surface area contributed by atoms with Gasteiger partial charge in [-0.3, -0.25) is 4.79 Å². The number of aromatic amines is 1. The largest absolute Gasteiger partial charge is 0.309 e. The number of aromatic nitrogens is 2. The van der Waals surface area contributed by atoms with Crippen molar-refractivity contribution in [3.63, 3.8) is 0 Å². The molecular formula is C18H27N3OS. The molecule has 2 aromatic rings. The van der Waals surface area contributed by atoms with E-state index in [1.54, 1.807) is 11.3 Å². The van der Waals surface area contributed by atoms with Gasteiger partial charge in [-0.25, -0.2) is 4.98 Å². The first-order valence-corrected chi connectivity index (χ1v) is 9.69. The van der Waals surface area contributed by atoms with Crippen LogP contribution in [-0.2, 0) is 12.8 Å². The van der Waals surface area contributed by atoms with Crippen molar-refractivity contribution in [3.8, 4) is 0 Å². The topological polar surface area (TPSA) is 57.8 Å². The lowest BCUT2D eigenvalue weighted by Crippen LogP contribution is -2.24. The minimum absolute atomic E-state index is 0.0410. The van der Waals surface area contributed by atoms with Crippen LogP contribution in [0.2, 0.25) is 0 Å². The zero-order valence-electron chi connectivity index (χ0n) is 14.4. The first kappa shape index (κ1) is 16.7. The Hall–Kier alpha value is -1.20. The van der Waals surface area contributed by atoms with E-state index >= 15 is 0 Å². The van der Waals surface area contributed by atoms with Crippen LogP contribution in [0, 0.1) is 5.92 Å². The molecule has 0 spiro atoms. The van der Waals surface area contributed by atoms with E-state index in [1.807, 2.05) is 0 Å². The monoisotopic (exact) mass is 333 g/mol. The summed E-state index contributed by atoms with van der Waals surface area (Å²) in [6.07, 6.45) is 6.91. The summed E-state index contributed by atoms with van der Waals surface area (Å²) in [5, 5.41) is 4.31. The smallest absolute Gasteiger partial charge is 0.259 e. The molecular weight excluding hydrogens is 306 g/mol. The second-order valence-corrected chi connectivity index (χ2v) is 7.95. The number of H-pyrrole nitrogens is 1. The molecule has 0 bridgehead atoms. The summed E-state index contributed by atoms with van der Waals surface area (Å²) in [5.74, 6) is 1.49. The maximum atomic E-state index is 12.6. The molecule has 0 saturated carbocycles. The van der Waals surface area contributed by atoms with Crippen molar-refractivity contribution in [1.29, 1.82) is 0 Å². The van der Waals surface area contributed by atoms with Crippen LogP contribution in [0.5, 0.6) is 0 Å². The number of rotatable bonds is 6. The predicted molar refractivity (Wildman–Crippen MR) is 97.4 cm³/mol. The van der Waals surface area contributed by atoms with Gasteiger partial charge in [-0.15, -0.1) is 11.3 Å². The Morgan fingerprint density at radius 3 is 3.04 bits per heavy atom. The highest BCUT2D eigenvalue weighted by Gasteiger charge is 2.23. The summed E-state index contributed by atoms with van der Waals surface area (Å²) in [6.45, 7) is 7.54. The molecule has 0 saturated heterocycles. The van der Waals surface area contributed by atoms with Crippen LogP contribution in [0.1, 0.15) is 68.8 Å². The van der Waals surface area contributed by atoms with Crippen molar-refractivity contribution in [2.45, 2.75) is 65.3 Å². The van der Waals surface area contributed by atoms with Gasteiger partial charge < -0.3 is 10.3 Å². The van der Waals surface area contributed by atoms with Crippen molar-refractivity contribution < 1.29 is 0 Å². The van der Waals surface area contributed by atoms with E-state index in [0.717, 1.165) is 35.4 Å². The lowest BCUT2D eigenvalue weighted by molar-refractivity contribution is 0.509. The van der Waals surface area contributed by atoms with Crippen LogP contribution in [0.15, 0.2) is 4.79 Å². The zero-order chi connectivity index (χ0) is 16.4. The summed E-state index contributed by atoms with van der Waals surface area (Å²) >= 11 is 1.72. The highest BCUT2D eigenvalue weighted by molar-refractivity contribution is 7.18. The Morgan fingerprint density at radius 1 is 1.43 bits per heavy atom. The van der Waals surface area contributed by atoms with E-state index in [0.29, 0.717) is 5.92 Å². The van der Waals surface area contributed by atoms with Gasteiger partial charge in [-0.05, 0) is 50.6 Å². The van der Waals surface area contributed by atoms with Crippen LogP contribution in [0.4, 0.5) is 0 Å². The molecule has 0 radical (unpaired) electrons. The third kappa shape index (κ3) is 3.50. The second-order valence-electron chi connectivity index (χ2n) is 6.87. The van der Waals surface area contributed by atoms with Crippen molar-refractivity contribution in [2.24, 2.45) is 5.92 Å². The van der Waals surface area contributed by atoms with Crippen LogP contribution in [-0.4, -0.2) is 16.5 Å². The third-order valence-electron chi connectivity index (χ3n) is 4.82. The van der Waals surface area contributed by atoms with Crippen molar-refractivity contribution in [1.82, 2.24) is 15.3 Å². The van der Waals surface area contributed by atoms with E-state index in [1.165, 1.54) is 36.1 Å². The molecule has 3 rings (SSSR count). The number of hydrogen-bond donors (Lipinski definition) is 2. The molecule has 0 fully saturated rings. The van der Waals surface area contributed by atoms with Gasteiger partial charge in [0.2, 0.25) is 0 Å². The van der Waals surface area contributed by atoms with Crippen LogP contribution in [0.25, 0.3) is 10.2 Å². The Balaban J connectivity index is 1.85. The van der Waals surface area contributed by atoms with Gasteiger partial charge in [0, 0.05) is 4.88 Å². The average Bonchev–Trinajstić information content (AvgIpc) is 2.88. The van der Waals surface area contributed by atoms with Crippen molar-refractivity contribution in [2.75, 3.05) is 6.54 Å². The van der Waals surface area contributed by atoms with E-state index in [9.17, 15) is 4.79 Å². The Kier molecular flexibility index (Phi) is 5.17. The Labute approximate surface area is 141 Å². The van der Waals surface area contributed by atoms with Gasteiger partial charge in [-0.1, -0.05) is 26.7 Å². The molecule has 2 N–H and O–H groups in total. The molecule has 1 aliphatic carbocycles. The summed E-state index contributed by atoms with van der Waals surface area (Å²) in [7, 11) is 0. The summed E-state index contributed by atoms with van der Waals surface area (Å²) < 4.78 is 0. The molecule has 5 heteroatoms. The highest BCUT2D eigenvalue weighted by Crippen LogP contribution is 2.35. The summed E-state index contributed by atoms with van der Waals surface area (Å²) in [6, 6.07) is 0.0852. The number of unbranched alkanes of at least 4 members (excludes halogenated alkanes) is 2. The standard InChI is InChI=1S/C18H27N3OS/c1-4-5-6-9-19-12(3)16-20-17(22)15-13-8-7-11(2)10-14(13)23-18(15)21-16/h11-12,19H,4-10H2,1-3H3,(H,20,21,22)/t11-,12-/m1/s1. The molecule has 0 aliphatic heterocycles. The molecule has 2 heterocycles. The van der Waals surface area contributed by atoms with Crippen molar-refractivity contribution >= 4 is 21.6 Å². The maximum absolute atomic E-state index is 12.6. The number of hydrogen-bond acceptors (Lipinski definition) is 4. The van der Waals surface area contributed by atoms with Crippen LogP contribution in [0.3, 0.4) is 0 Å².